The summed E-state index contributed by atoms with van der Waals surface area (Å²) in [4.78, 5) is 11.0. The van der Waals surface area contributed by atoms with Gasteiger partial charge in [0.1, 0.15) is 6.10 Å². The molecule has 2 aromatic rings. The van der Waals surface area contributed by atoms with Crippen LogP contribution in [-0.4, -0.2) is 45.6 Å². The number of carboxylic acids is 1. The number of carbonyl (C=O) groups is 1. The standard InChI is InChI=1S/C16H18N2O4S/c1-18-13(8-12(17-18)16(19)20)10-3-4-14(15(7-10)21-2)22-11-5-6-23-9-11/h3-4,7-8,11H,5-6,9H2,1-2H3,(H,19,20). The molecule has 1 aromatic heterocycles. The van der Waals surface area contributed by atoms with Gasteiger partial charge in [-0.25, -0.2) is 4.79 Å². The number of hydrogen-bond acceptors (Lipinski definition) is 5. The Balaban J connectivity index is 1.90. The lowest BCUT2D eigenvalue weighted by Crippen LogP contribution is -2.15. The Morgan fingerprint density at radius 2 is 2.22 bits per heavy atom. The van der Waals surface area contributed by atoms with Crippen molar-refractivity contribution in [3.63, 3.8) is 0 Å². The first-order valence-electron chi connectivity index (χ1n) is 7.28. The normalized spacial score (nSPS) is 17.2. The second kappa shape index (κ2) is 6.54. The fourth-order valence-electron chi connectivity index (χ4n) is 2.55. The van der Waals surface area contributed by atoms with Gasteiger partial charge in [-0.3, -0.25) is 4.68 Å². The summed E-state index contributed by atoms with van der Waals surface area (Å²) in [6, 6.07) is 7.15. The third-order valence-electron chi connectivity index (χ3n) is 3.74. The maximum absolute atomic E-state index is 11.0. The van der Waals surface area contributed by atoms with Crippen LogP contribution in [0.15, 0.2) is 24.3 Å². The second-order valence-electron chi connectivity index (χ2n) is 5.31. The molecule has 0 saturated carbocycles. The zero-order valence-electron chi connectivity index (χ0n) is 13.0. The minimum atomic E-state index is -1.04. The highest BCUT2D eigenvalue weighted by Gasteiger charge is 2.20. The van der Waals surface area contributed by atoms with Gasteiger partial charge < -0.3 is 14.6 Å². The molecule has 122 valence electrons. The maximum Gasteiger partial charge on any atom is 0.356 e. The van der Waals surface area contributed by atoms with E-state index in [-0.39, 0.29) is 11.8 Å². The first-order valence-corrected chi connectivity index (χ1v) is 8.44. The fraction of sp³-hybridized carbons (Fsp3) is 0.375. The van der Waals surface area contributed by atoms with Crippen LogP contribution in [0, 0.1) is 0 Å². The van der Waals surface area contributed by atoms with Gasteiger partial charge in [0, 0.05) is 18.4 Å². The molecule has 6 nitrogen and oxygen atoms in total. The van der Waals surface area contributed by atoms with Gasteiger partial charge in [0.2, 0.25) is 0 Å². The molecule has 1 aliphatic rings. The number of aromatic carboxylic acids is 1. The number of benzene rings is 1. The molecule has 1 saturated heterocycles. The molecule has 1 unspecified atom stereocenters. The fourth-order valence-corrected chi connectivity index (χ4v) is 3.65. The van der Waals surface area contributed by atoms with Crippen molar-refractivity contribution < 1.29 is 19.4 Å². The Morgan fingerprint density at radius 3 is 2.83 bits per heavy atom. The molecule has 2 heterocycles. The summed E-state index contributed by atoms with van der Waals surface area (Å²) in [5, 5.41) is 13.0. The Morgan fingerprint density at radius 1 is 1.39 bits per heavy atom. The predicted molar refractivity (Wildman–Crippen MR) is 88.5 cm³/mol. The van der Waals surface area contributed by atoms with E-state index in [2.05, 4.69) is 5.10 Å². The van der Waals surface area contributed by atoms with Gasteiger partial charge in [0.25, 0.3) is 0 Å². The minimum Gasteiger partial charge on any atom is -0.493 e. The molecule has 23 heavy (non-hydrogen) atoms. The van der Waals surface area contributed by atoms with E-state index in [1.807, 2.05) is 30.0 Å². The maximum atomic E-state index is 11.0. The van der Waals surface area contributed by atoms with Crippen molar-refractivity contribution in [1.29, 1.82) is 0 Å². The summed E-state index contributed by atoms with van der Waals surface area (Å²) in [6.45, 7) is 0. The van der Waals surface area contributed by atoms with Crippen LogP contribution in [0.3, 0.4) is 0 Å². The molecule has 1 atom stereocenters. The van der Waals surface area contributed by atoms with Crippen LogP contribution in [0.5, 0.6) is 11.5 Å². The van der Waals surface area contributed by atoms with Crippen LogP contribution in [0.4, 0.5) is 0 Å². The zero-order chi connectivity index (χ0) is 16.4. The zero-order valence-corrected chi connectivity index (χ0v) is 13.8. The van der Waals surface area contributed by atoms with E-state index >= 15 is 0 Å². The van der Waals surface area contributed by atoms with E-state index in [9.17, 15) is 4.79 Å². The molecule has 3 rings (SSSR count). The smallest absolute Gasteiger partial charge is 0.356 e. The molecule has 0 bridgehead atoms. The molecule has 7 heteroatoms. The molecular formula is C16H18N2O4S. The SMILES string of the molecule is COc1cc(-c2cc(C(=O)O)nn2C)ccc1OC1CCSC1. The molecule has 1 fully saturated rings. The monoisotopic (exact) mass is 334 g/mol. The Labute approximate surface area is 138 Å². The lowest BCUT2D eigenvalue weighted by molar-refractivity contribution is 0.0689. The van der Waals surface area contributed by atoms with Crippen molar-refractivity contribution >= 4 is 17.7 Å². The number of rotatable bonds is 5. The van der Waals surface area contributed by atoms with Crippen molar-refractivity contribution in [3.05, 3.63) is 30.0 Å². The molecule has 0 spiro atoms. The number of aryl methyl sites for hydroxylation is 1. The molecule has 1 aromatic carbocycles. The largest absolute Gasteiger partial charge is 0.493 e. The topological polar surface area (TPSA) is 73.6 Å². The number of nitrogens with zero attached hydrogens (tertiary/aromatic N) is 2. The quantitative estimate of drug-likeness (QED) is 0.906. The van der Waals surface area contributed by atoms with E-state index in [0.29, 0.717) is 17.2 Å². The van der Waals surface area contributed by atoms with Gasteiger partial charge in [-0.1, -0.05) is 0 Å². The van der Waals surface area contributed by atoms with E-state index < -0.39 is 5.97 Å². The number of aromatic nitrogens is 2. The average Bonchev–Trinajstić information content (AvgIpc) is 3.17. The second-order valence-corrected chi connectivity index (χ2v) is 6.46. The summed E-state index contributed by atoms with van der Waals surface area (Å²) in [6.07, 6.45) is 1.26. The number of hydrogen-bond donors (Lipinski definition) is 1. The highest BCUT2D eigenvalue weighted by molar-refractivity contribution is 7.99. The van der Waals surface area contributed by atoms with Crippen LogP contribution < -0.4 is 9.47 Å². The summed E-state index contributed by atoms with van der Waals surface area (Å²) >= 11 is 1.89. The highest BCUT2D eigenvalue weighted by atomic mass is 32.2. The minimum absolute atomic E-state index is 0.0183. The average molecular weight is 334 g/mol. The third-order valence-corrected chi connectivity index (χ3v) is 4.87. The first kappa shape index (κ1) is 15.7. The van der Waals surface area contributed by atoms with Crippen molar-refractivity contribution in [1.82, 2.24) is 9.78 Å². The third kappa shape index (κ3) is 3.29. The van der Waals surface area contributed by atoms with Crippen LogP contribution in [0.25, 0.3) is 11.3 Å². The van der Waals surface area contributed by atoms with Gasteiger partial charge in [-0.15, -0.1) is 0 Å². The Kier molecular flexibility index (Phi) is 4.47. The van der Waals surface area contributed by atoms with Crippen molar-refractivity contribution in [3.8, 4) is 22.8 Å². The van der Waals surface area contributed by atoms with E-state index in [0.717, 1.165) is 23.5 Å². The van der Waals surface area contributed by atoms with Crippen molar-refractivity contribution in [2.24, 2.45) is 7.05 Å². The van der Waals surface area contributed by atoms with Gasteiger partial charge >= 0.3 is 5.97 Å². The number of methoxy groups -OCH3 is 1. The van der Waals surface area contributed by atoms with Crippen molar-refractivity contribution in [2.75, 3.05) is 18.6 Å². The molecular weight excluding hydrogens is 316 g/mol. The van der Waals surface area contributed by atoms with E-state index in [1.54, 1.807) is 24.9 Å². The van der Waals surface area contributed by atoms with Gasteiger partial charge in [0.05, 0.1) is 12.8 Å². The highest BCUT2D eigenvalue weighted by Crippen LogP contribution is 2.35. The lowest BCUT2D eigenvalue weighted by atomic mass is 10.1. The number of carboxylic acid groups (broad SMARTS) is 1. The van der Waals surface area contributed by atoms with Crippen LogP contribution in [-0.2, 0) is 7.05 Å². The summed E-state index contributed by atoms with van der Waals surface area (Å²) in [5.41, 5.74) is 1.56. The number of ether oxygens (including phenoxy) is 2. The van der Waals surface area contributed by atoms with Gasteiger partial charge in [-0.2, -0.15) is 16.9 Å². The molecule has 1 aliphatic heterocycles. The molecule has 0 aliphatic carbocycles. The molecule has 0 radical (unpaired) electrons. The van der Waals surface area contributed by atoms with Crippen LogP contribution >= 0.6 is 11.8 Å². The Bertz CT molecular complexity index is 723. The van der Waals surface area contributed by atoms with Gasteiger partial charge in [0.15, 0.2) is 17.2 Å². The molecule has 0 amide bonds. The predicted octanol–water partition coefficient (Wildman–Crippen LogP) is 2.68. The van der Waals surface area contributed by atoms with Crippen LogP contribution in [0.2, 0.25) is 0 Å². The number of thioether (sulfide) groups is 1. The van der Waals surface area contributed by atoms with Gasteiger partial charge in [-0.05, 0) is 36.4 Å². The summed E-state index contributed by atoms with van der Waals surface area (Å²) in [7, 11) is 3.32. The van der Waals surface area contributed by atoms with Crippen molar-refractivity contribution in [2.45, 2.75) is 12.5 Å². The first-order chi connectivity index (χ1) is 11.1. The summed E-state index contributed by atoms with van der Waals surface area (Å²) < 4.78 is 13.0. The van der Waals surface area contributed by atoms with E-state index in [1.165, 1.54) is 0 Å². The summed E-state index contributed by atoms with van der Waals surface area (Å²) in [5.74, 6) is 2.42. The molecule has 1 N–H and O–H groups in total. The van der Waals surface area contributed by atoms with E-state index in [4.69, 9.17) is 14.6 Å². The lowest BCUT2D eigenvalue weighted by Gasteiger charge is -2.16. The van der Waals surface area contributed by atoms with Crippen LogP contribution in [0.1, 0.15) is 16.9 Å². The Hall–Kier alpha value is -2.15.